The molecule has 0 aromatic heterocycles. The van der Waals surface area contributed by atoms with Crippen molar-refractivity contribution in [1.29, 1.82) is 0 Å². The number of nitrogens with one attached hydrogen (secondary N) is 3. The number of anilines is 1. The van der Waals surface area contributed by atoms with Gasteiger partial charge in [0.15, 0.2) is 17.5 Å². The molecule has 0 saturated carbocycles. The minimum atomic E-state index is -3.39. The van der Waals surface area contributed by atoms with Crippen LogP contribution in [0, 0.1) is 0 Å². The molecule has 1 heterocycles. The molecule has 10 heteroatoms. The molecule has 0 bridgehead atoms. The molecule has 158 valence electrons. The molecule has 0 radical (unpaired) electrons. The van der Waals surface area contributed by atoms with Gasteiger partial charge in [0.1, 0.15) is 0 Å². The van der Waals surface area contributed by atoms with Crippen LogP contribution >= 0.6 is 0 Å². The average Bonchev–Trinajstić information content (AvgIpc) is 2.72. The number of guanidine groups is 1. The number of benzene rings is 1. The van der Waals surface area contributed by atoms with E-state index in [9.17, 15) is 8.42 Å². The largest absolute Gasteiger partial charge is 0.493 e. The first-order valence-corrected chi connectivity index (χ1v) is 10.9. The van der Waals surface area contributed by atoms with Crippen molar-refractivity contribution in [1.82, 2.24) is 10.0 Å². The van der Waals surface area contributed by atoms with E-state index in [1.165, 1.54) is 0 Å². The summed E-state index contributed by atoms with van der Waals surface area (Å²) in [5.41, 5.74) is 0.737. The molecule has 0 aliphatic carbocycles. The first-order chi connectivity index (χ1) is 13.5. The Balaban J connectivity index is 1.80. The van der Waals surface area contributed by atoms with Crippen LogP contribution in [0.3, 0.4) is 0 Å². The molecule has 1 aliphatic rings. The van der Waals surface area contributed by atoms with E-state index in [-0.39, 0.29) is 18.4 Å². The fourth-order valence-corrected chi connectivity index (χ4v) is 3.75. The molecule has 0 spiro atoms. The van der Waals surface area contributed by atoms with Gasteiger partial charge in [0, 0.05) is 38.5 Å². The lowest BCUT2D eigenvalue weighted by atomic mass is 10.1. The Labute approximate surface area is 166 Å². The van der Waals surface area contributed by atoms with Crippen LogP contribution < -0.4 is 24.8 Å². The van der Waals surface area contributed by atoms with Gasteiger partial charge in [0.05, 0.1) is 26.1 Å². The summed E-state index contributed by atoms with van der Waals surface area (Å²) in [6.07, 6.45) is 2.98. The maximum atomic E-state index is 12.2. The molecule has 9 nitrogen and oxygen atoms in total. The van der Waals surface area contributed by atoms with Gasteiger partial charge in [-0.25, -0.2) is 13.1 Å². The molecule has 28 heavy (non-hydrogen) atoms. The second-order valence-electron chi connectivity index (χ2n) is 6.35. The minimum Gasteiger partial charge on any atom is -0.493 e. The first kappa shape index (κ1) is 22.3. The topological polar surface area (TPSA) is 110 Å². The van der Waals surface area contributed by atoms with E-state index in [1.807, 2.05) is 6.07 Å². The van der Waals surface area contributed by atoms with Gasteiger partial charge in [-0.2, -0.15) is 0 Å². The molecule has 1 aromatic rings. The van der Waals surface area contributed by atoms with Gasteiger partial charge in [-0.15, -0.1) is 0 Å². The predicted molar refractivity (Wildman–Crippen MR) is 110 cm³/mol. The van der Waals surface area contributed by atoms with Crippen LogP contribution in [0.1, 0.15) is 19.3 Å². The molecular formula is C18H30N4O5S. The van der Waals surface area contributed by atoms with Crippen molar-refractivity contribution in [2.24, 2.45) is 4.99 Å². The van der Waals surface area contributed by atoms with Crippen molar-refractivity contribution in [2.45, 2.75) is 25.4 Å². The van der Waals surface area contributed by atoms with Crippen LogP contribution in [0.4, 0.5) is 5.69 Å². The quantitative estimate of drug-likeness (QED) is 0.411. The van der Waals surface area contributed by atoms with Crippen LogP contribution in [-0.4, -0.2) is 67.2 Å². The fraction of sp³-hybridized carbons (Fsp3) is 0.611. The Morgan fingerprint density at radius 1 is 1.25 bits per heavy atom. The number of rotatable bonds is 9. The molecule has 1 aliphatic heterocycles. The van der Waals surface area contributed by atoms with E-state index >= 15 is 0 Å². The van der Waals surface area contributed by atoms with Gasteiger partial charge < -0.3 is 24.8 Å². The standard InChI is InChI=1S/C18H30N4O5S/c1-19-18(22-14-7-8-16(25-2)17(12-14)26-3)20-9-11-28(23,24)21-13-15-6-4-5-10-27-15/h7-8,12,15,21H,4-6,9-11,13H2,1-3H3,(H2,19,20,22). The fourth-order valence-electron chi connectivity index (χ4n) is 2.79. The summed E-state index contributed by atoms with van der Waals surface area (Å²) in [5.74, 6) is 1.60. The lowest BCUT2D eigenvalue weighted by Gasteiger charge is -2.22. The Morgan fingerprint density at radius 2 is 2.04 bits per heavy atom. The third kappa shape index (κ3) is 7.17. The predicted octanol–water partition coefficient (Wildman–Crippen LogP) is 1.18. The van der Waals surface area contributed by atoms with E-state index in [0.717, 1.165) is 24.9 Å². The van der Waals surface area contributed by atoms with E-state index in [2.05, 4.69) is 20.3 Å². The second-order valence-corrected chi connectivity index (χ2v) is 8.28. The summed E-state index contributed by atoms with van der Waals surface area (Å²) in [6.45, 7) is 1.24. The maximum Gasteiger partial charge on any atom is 0.213 e. The monoisotopic (exact) mass is 414 g/mol. The van der Waals surface area contributed by atoms with E-state index in [1.54, 1.807) is 33.4 Å². The highest BCUT2D eigenvalue weighted by Gasteiger charge is 2.17. The molecule has 1 fully saturated rings. The van der Waals surface area contributed by atoms with E-state index in [0.29, 0.717) is 30.6 Å². The molecule has 1 aromatic carbocycles. The van der Waals surface area contributed by atoms with Gasteiger partial charge >= 0.3 is 0 Å². The van der Waals surface area contributed by atoms with Gasteiger partial charge in [-0.1, -0.05) is 0 Å². The van der Waals surface area contributed by atoms with Gasteiger partial charge in [0.25, 0.3) is 0 Å². The van der Waals surface area contributed by atoms with Gasteiger partial charge in [-0.05, 0) is 31.4 Å². The van der Waals surface area contributed by atoms with Crippen LogP contribution in [-0.2, 0) is 14.8 Å². The number of sulfonamides is 1. The average molecular weight is 415 g/mol. The SMILES string of the molecule is CN=C(NCCS(=O)(=O)NCC1CCCCO1)Nc1ccc(OC)c(OC)c1. The summed E-state index contributed by atoms with van der Waals surface area (Å²) in [7, 11) is 1.36. The Kier molecular flexibility index (Phi) is 8.81. The minimum absolute atomic E-state index is 0.0315. The molecule has 1 atom stereocenters. The van der Waals surface area contributed by atoms with Crippen molar-refractivity contribution < 1.29 is 22.6 Å². The van der Waals surface area contributed by atoms with Crippen LogP contribution in [0.25, 0.3) is 0 Å². The summed E-state index contributed by atoms with van der Waals surface area (Å²) in [5, 5.41) is 6.09. The summed E-state index contributed by atoms with van der Waals surface area (Å²) in [6, 6.07) is 5.36. The van der Waals surface area contributed by atoms with E-state index < -0.39 is 10.0 Å². The van der Waals surface area contributed by atoms with Crippen LogP contribution in [0.5, 0.6) is 11.5 Å². The van der Waals surface area contributed by atoms with Crippen molar-refractivity contribution >= 4 is 21.7 Å². The lowest BCUT2D eigenvalue weighted by molar-refractivity contribution is 0.0200. The van der Waals surface area contributed by atoms with Crippen LogP contribution in [0.15, 0.2) is 23.2 Å². The summed E-state index contributed by atoms with van der Waals surface area (Å²) >= 11 is 0. The zero-order valence-corrected chi connectivity index (χ0v) is 17.5. The second kappa shape index (κ2) is 11.1. The Bertz CT molecular complexity index is 748. The van der Waals surface area contributed by atoms with Crippen molar-refractivity contribution in [3.8, 4) is 11.5 Å². The number of hydrogen-bond acceptors (Lipinski definition) is 6. The highest BCUT2D eigenvalue weighted by Crippen LogP contribution is 2.29. The number of methoxy groups -OCH3 is 2. The zero-order valence-electron chi connectivity index (χ0n) is 16.7. The van der Waals surface area contributed by atoms with Crippen LogP contribution in [0.2, 0.25) is 0 Å². The Hall–Kier alpha value is -2.04. The third-order valence-corrected chi connectivity index (χ3v) is 5.69. The maximum absolute atomic E-state index is 12.2. The molecule has 0 amide bonds. The summed E-state index contributed by atoms with van der Waals surface area (Å²) in [4.78, 5) is 4.11. The number of nitrogens with zero attached hydrogens (tertiary/aromatic N) is 1. The normalized spacial score (nSPS) is 17.8. The molecule has 2 rings (SSSR count). The number of hydrogen-bond donors (Lipinski definition) is 3. The van der Waals surface area contributed by atoms with E-state index in [4.69, 9.17) is 14.2 Å². The first-order valence-electron chi connectivity index (χ1n) is 9.26. The molecule has 1 saturated heterocycles. The number of ether oxygens (including phenoxy) is 3. The number of aliphatic imine (C=N–C) groups is 1. The van der Waals surface area contributed by atoms with Gasteiger partial charge in [-0.3, -0.25) is 4.99 Å². The smallest absolute Gasteiger partial charge is 0.213 e. The van der Waals surface area contributed by atoms with Crippen molar-refractivity contribution in [3.63, 3.8) is 0 Å². The molecular weight excluding hydrogens is 384 g/mol. The summed E-state index contributed by atoms with van der Waals surface area (Å²) < 4.78 is 43.0. The Morgan fingerprint density at radius 3 is 2.68 bits per heavy atom. The zero-order chi connectivity index (χ0) is 20.4. The van der Waals surface area contributed by atoms with Crippen molar-refractivity contribution in [3.05, 3.63) is 18.2 Å². The molecule has 1 unspecified atom stereocenters. The highest BCUT2D eigenvalue weighted by atomic mass is 32.2. The van der Waals surface area contributed by atoms with Gasteiger partial charge in [0.2, 0.25) is 10.0 Å². The highest BCUT2D eigenvalue weighted by molar-refractivity contribution is 7.89. The van der Waals surface area contributed by atoms with Crippen molar-refractivity contribution in [2.75, 3.05) is 52.0 Å². The molecule has 3 N–H and O–H groups in total. The lowest BCUT2D eigenvalue weighted by Crippen LogP contribution is -2.40. The third-order valence-electron chi connectivity index (χ3n) is 4.34.